The first kappa shape index (κ1) is 23.4. The van der Waals surface area contributed by atoms with Crippen molar-refractivity contribution in [3.8, 4) is 11.6 Å². The summed E-state index contributed by atoms with van der Waals surface area (Å²) < 4.78 is 13.0. The van der Waals surface area contributed by atoms with Crippen LogP contribution in [-0.4, -0.2) is 83.6 Å². The third kappa shape index (κ3) is 5.10. The van der Waals surface area contributed by atoms with E-state index in [4.69, 9.17) is 20.0 Å². The molecular weight excluding hydrogens is 420 g/mol. The lowest BCUT2D eigenvalue weighted by Gasteiger charge is -2.36. The minimum Gasteiger partial charge on any atom is -0.481 e. The quantitative estimate of drug-likeness (QED) is 0.547. The zero-order valence-electron chi connectivity index (χ0n) is 19.7. The summed E-state index contributed by atoms with van der Waals surface area (Å²) in [5.41, 5.74) is 4.68. The molecule has 9 nitrogen and oxygen atoms in total. The van der Waals surface area contributed by atoms with E-state index in [2.05, 4.69) is 22.2 Å². The number of likely N-dealkylation sites (tertiary alicyclic amines) is 1. The molecule has 0 unspecified atom stereocenters. The lowest BCUT2D eigenvalue weighted by atomic mass is 9.91. The van der Waals surface area contributed by atoms with Crippen molar-refractivity contribution in [2.24, 2.45) is 0 Å². The lowest BCUT2D eigenvalue weighted by Crippen LogP contribution is -2.48. The second kappa shape index (κ2) is 10.0. The van der Waals surface area contributed by atoms with Gasteiger partial charge in [0, 0.05) is 55.2 Å². The van der Waals surface area contributed by atoms with Crippen LogP contribution in [-0.2, 0) is 17.6 Å². The fourth-order valence-electron chi connectivity index (χ4n) is 4.51. The fraction of sp³-hybridized carbons (Fsp3) is 0.542. The van der Waals surface area contributed by atoms with Gasteiger partial charge in [0.2, 0.25) is 5.88 Å². The first-order valence-electron chi connectivity index (χ1n) is 11.5. The molecule has 0 amide bonds. The second-order valence-corrected chi connectivity index (χ2v) is 8.97. The van der Waals surface area contributed by atoms with Gasteiger partial charge in [-0.3, -0.25) is 0 Å². The molecule has 4 rings (SSSR count). The summed E-state index contributed by atoms with van der Waals surface area (Å²) in [4.78, 5) is 6.65. The van der Waals surface area contributed by atoms with Gasteiger partial charge in [-0.1, -0.05) is 0 Å². The summed E-state index contributed by atoms with van der Waals surface area (Å²) in [7, 11) is 3.69. The highest BCUT2D eigenvalue weighted by atomic mass is 16.5. The molecule has 2 aromatic rings. The normalized spacial score (nSPS) is 19.0. The van der Waals surface area contributed by atoms with Gasteiger partial charge >= 0.3 is 0 Å². The Bertz CT molecular complexity index is 1020. The van der Waals surface area contributed by atoms with Crippen LogP contribution in [0.3, 0.4) is 0 Å². The van der Waals surface area contributed by atoms with E-state index in [1.807, 2.05) is 17.7 Å². The Morgan fingerprint density at radius 1 is 1.33 bits per heavy atom. The smallest absolute Gasteiger partial charge is 0.216 e. The van der Waals surface area contributed by atoms with Gasteiger partial charge in [0.05, 0.1) is 49.2 Å². The fourth-order valence-corrected chi connectivity index (χ4v) is 4.51. The summed E-state index contributed by atoms with van der Waals surface area (Å²) in [6, 6.07) is 2.01. The van der Waals surface area contributed by atoms with Crippen LogP contribution < -0.4 is 10.1 Å². The molecule has 9 heteroatoms. The van der Waals surface area contributed by atoms with Crippen LogP contribution in [0.15, 0.2) is 18.5 Å². The zero-order valence-corrected chi connectivity index (χ0v) is 19.7. The molecule has 1 saturated heterocycles. The number of aryl methyl sites for hydroxylation is 1. The van der Waals surface area contributed by atoms with E-state index in [1.54, 1.807) is 19.5 Å². The van der Waals surface area contributed by atoms with E-state index < -0.39 is 5.60 Å². The molecule has 2 aromatic heterocycles. The number of methoxy groups -OCH3 is 1. The minimum absolute atomic E-state index is 0.450. The number of piperidine rings is 1. The van der Waals surface area contributed by atoms with E-state index in [0.29, 0.717) is 31.2 Å². The summed E-state index contributed by atoms with van der Waals surface area (Å²) in [5.74, 6) is 0.594. The number of ether oxygens (including phenoxy) is 2. The number of hydrogen-bond acceptors (Lipinski definition) is 8. The number of pyridine rings is 1. The first-order valence-corrected chi connectivity index (χ1v) is 11.5. The number of allylic oxidation sites excluding steroid dienone is 1. The molecule has 0 saturated carbocycles. The minimum atomic E-state index is -0.730. The summed E-state index contributed by atoms with van der Waals surface area (Å²) in [6.07, 6.45) is 7.82. The lowest BCUT2D eigenvalue weighted by molar-refractivity contribution is -0.0119. The van der Waals surface area contributed by atoms with Gasteiger partial charge in [0.25, 0.3) is 0 Å². The van der Waals surface area contributed by atoms with Crippen molar-refractivity contribution in [1.29, 1.82) is 5.41 Å². The SMILES string of the molecule is COc1ncc(-n2nc(/C(C=N)=C/NCC3(O)CCN(C)CC3)c3c2CCOCC3)cc1C. The molecule has 0 aliphatic carbocycles. The Hall–Kier alpha value is -2.75. The molecule has 0 atom stereocenters. The molecule has 3 N–H and O–H groups in total. The molecule has 0 radical (unpaired) electrons. The van der Waals surface area contributed by atoms with Crippen LogP contribution in [0.5, 0.6) is 5.88 Å². The largest absolute Gasteiger partial charge is 0.481 e. The summed E-state index contributed by atoms with van der Waals surface area (Å²) in [6.45, 7) is 5.43. The maximum absolute atomic E-state index is 10.9. The van der Waals surface area contributed by atoms with Gasteiger partial charge in [-0.15, -0.1) is 0 Å². The molecule has 2 aliphatic heterocycles. The Morgan fingerprint density at radius 2 is 2.09 bits per heavy atom. The molecule has 33 heavy (non-hydrogen) atoms. The number of aliphatic hydroxyl groups is 1. The molecule has 2 aliphatic rings. The molecule has 0 aromatic carbocycles. The summed E-state index contributed by atoms with van der Waals surface area (Å²) in [5, 5.41) is 27.1. The van der Waals surface area contributed by atoms with E-state index >= 15 is 0 Å². The van der Waals surface area contributed by atoms with Gasteiger partial charge in [-0.05, 0) is 39.3 Å². The number of hydrogen-bond donors (Lipinski definition) is 3. The number of nitrogens with zero attached hydrogens (tertiary/aromatic N) is 4. The molecule has 1 fully saturated rings. The van der Waals surface area contributed by atoms with Gasteiger partial charge in [-0.2, -0.15) is 5.10 Å². The van der Waals surface area contributed by atoms with Crippen molar-refractivity contribution in [1.82, 2.24) is 25.0 Å². The van der Waals surface area contributed by atoms with Gasteiger partial charge in [0.15, 0.2) is 0 Å². The van der Waals surface area contributed by atoms with E-state index in [0.717, 1.165) is 67.0 Å². The van der Waals surface area contributed by atoms with Crippen molar-refractivity contribution in [3.05, 3.63) is 41.0 Å². The maximum atomic E-state index is 10.9. The molecule has 0 bridgehead atoms. The van der Waals surface area contributed by atoms with Crippen LogP contribution >= 0.6 is 0 Å². The van der Waals surface area contributed by atoms with Crippen LogP contribution in [0.1, 0.15) is 35.4 Å². The van der Waals surface area contributed by atoms with E-state index in [1.165, 1.54) is 6.21 Å². The third-order valence-corrected chi connectivity index (χ3v) is 6.56. The number of fused-ring (bicyclic) bond motifs is 1. The monoisotopic (exact) mass is 454 g/mol. The molecule has 178 valence electrons. The summed E-state index contributed by atoms with van der Waals surface area (Å²) >= 11 is 0. The molecule has 0 spiro atoms. The van der Waals surface area contributed by atoms with E-state index in [-0.39, 0.29) is 0 Å². The topological polar surface area (TPSA) is 109 Å². The Labute approximate surface area is 194 Å². The Kier molecular flexibility index (Phi) is 7.11. The standard InChI is InChI=1S/C24H34N6O3/c1-17-12-19(15-27-23(17)32-3)30-21-5-11-33-10-4-20(21)22(28-30)18(13-25)14-26-16-24(31)6-8-29(2)9-7-24/h12-15,25-26,31H,4-11,16H2,1-3H3/b18-14+,25-13?. The second-order valence-electron chi connectivity index (χ2n) is 8.97. The van der Waals surface area contributed by atoms with Crippen LogP contribution in [0.4, 0.5) is 0 Å². The average molecular weight is 455 g/mol. The van der Waals surface area contributed by atoms with Gasteiger partial charge in [-0.25, -0.2) is 9.67 Å². The van der Waals surface area contributed by atoms with Crippen molar-refractivity contribution in [2.75, 3.05) is 47.0 Å². The average Bonchev–Trinajstić information content (AvgIpc) is 2.99. The van der Waals surface area contributed by atoms with Crippen LogP contribution in [0.25, 0.3) is 11.3 Å². The highest BCUT2D eigenvalue weighted by molar-refractivity contribution is 6.08. The van der Waals surface area contributed by atoms with Crippen LogP contribution in [0, 0.1) is 12.3 Å². The third-order valence-electron chi connectivity index (χ3n) is 6.56. The number of rotatable bonds is 7. The molecule has 4 heterocycles. The number of nitrogens with one attached hydrogen (secondary N) is 2. The highest BCUT2D eigenvalue weighted by Gasteiger charge is 2.30. The van der Waals surface area contributed by atoms with Crippen molar-refractivity contribution < 1.29 is 14.6 Å². The van der Waals surface area contributed by atoms with Gasteiger partial charge in [0.1, 0.15) is 0 Å². The maximum Gasteiger partial charge on any atom is 0.216 e. The Balaban J connectivity index is 1.64. The highest BCUT2D eigenvalue weighted by Crippen LogP contribution is 2.28. The molecular formula is C24H34N6O3. The Morgan fingerprint density at radius 3 is 2.79 bits per heavy atom. The van der Waals surface area contributed by atoms with Crippen molar-refractivity contribution in [2.45, 2.75) is 38.2 Å². The van der Waals surface area contributed by atoms with Crippen LogP contribution in [0.2, 0.25) is 0 Å². The van der Waals surface area contributed by atoms with E-state index in [9.17, 15) is 5.11 Å². The van der Waals surface area contributed by atoms with Crippen molar-refractivity contribution >= 4 is 11.8 Å². The predicted octanol–water partition coefficient (Wildman–Crippen LogP) is 1.74. The van der Waals surface area contributed by atoms with Crippen molar-refractivity contribution in [3.63, 3.8) is 0 Å². The van der Waals surface area contributed by atoms with Gasteiger partial charge < -0.3 is 30.2 Å². The number of aromatic nitrogens is 3. The predicted molar refractivity (Wildman–Crippen MR) is 127 cm³/mol. The first-order chi connectivity index (χ1) is 15.9. The zero-order chi connectivity index (χ0) is 23.4.